The van der Waals surface area contributed by atoms with Crippen LogP contribution in [-0.2, 0) is 6.54 Å². The summed E-state index contributed by atoms with van der Waals surface area (Å²) in [6.07, 6.45) is 3.95. The van der Waals surface area contributed by atoms with Crippen LogP contribution in [0.25, 0.3) is 0 Å². The standard InChI is InChI=1S/C17H24IN3/c1-13(2)8-19-9-14(3)16-6-4-15(5-7-16)11-21-12-17(18)10-20-21/h4-7,10,12-14,19H,8-9,11H2,1-3H3. The predicted octanol–water partition coefficient (Wildman–Crippen LogP) is 3.89. The fourth-order valence-electron chi connectivity index (χ4n) is 2.27. The maximum atomic E-state index is 4.32. The molecule has 0 aliphatic rings. The van der Waals surface area contributed by atoms with Crippen LogP contribution < -0.4 is 5.32 Å². The molecule has 0 spiro atoms. The highest BCUT2D eigenvalue weighted by molar-refractivity contribution is 14.1. The van der Waals surface area contributed by atoms with Crippen molar-refractivity contribution in [1.82, 2.24) is 15.1 Å². The Morgan fingerprint density at radius 3 is 2.43 bits per heavy atom. The highest BCUT2D eigenvalue weighted by Gasteiger charge is 2.06. The van der Waals surface area contributed by atoms with Gasteiger partial charge >= 0.3 is 0 Å². The van der Waals surface area contributed by atoms with Crippen LogP contribution in [0.5, 0.6) is 0 Å². The Labute approximate surface area is 141 Å². The third-order valence-corrected chi connectivity index (χ3v) is 4.06. The first-order chi connectivity index (χ1) is 10.0. The minimum absolute atomic E-state index is 0.545. The molecule has 0 fully saturated rings. The smallest absolute Gasteiger partial charge is 0.0659 e. The number of hydrogen-bond acceptors (Lipinski definition) is 2. The number of aromatic nitrogens is 2. The van der Waals surface area contributed by atoms with Gasteiger partial charge in [0.15, 0.2) is 0 Å². The second-order valence-corrected chi connectivity index (χ2v) is 7.30. The van der Waals surface area contributed by atoms with Crippen LogP contribution in [0.3, 0.4) is 0 Å². The number of benzene rings is 1. The summed E-state index contributed by atoms with van der Waals surface area (Å²) in [5, 5.41) is 7.85. The molecule has 0 amide bonds. The van der Waals surface area contributed by atoms with Crippen LogP contribution in [0.4, 0.5) is 0 Å². The van der Waals surface area contributed by atoms with Gasteiger partial charge in [0.1, 0.15) is 0 Å². The summed E-state index contributed by atoms with van der Waals surface area (Å²) < 4.78 is 3.15. The van der Waals surface area contributed by atoms with Crippen LogP contribution in [0.1, 0.15) is 37.8 Å². The van der Waals surface area contributed by atoms with Gasteiger partial charge in [-0.05, 0) is 52.1 Å². The Morgan fingerprint density at radius 2 is 1.86 bits per heavy atom. The monoisotopic (exact) mass is 397 g/mol. The lowest BCUT2D eigenvalue weighted by Crippen LogP contribution is -2.24. The van der Waals surface area contributed by atoms with Gasteiger partial charge < -0.3 is 5.32 Å². The van der Waals surface area contributed by atoms with E-state index in [-0.39, 0.29) is 0 Å². The van der Waals surface area contributed by atoms with Crippen molar-refractivity contribution in [2.75, 3.05) is 13.1 Å². The van der Waals surface area contributed by atoms with E-state index in [0.29, 0.717) is 11.8 Å². The molecule has 1 atom stereocenters. The average Bonchev–Trinajstić information content (AvgIpc) is 2.84. The fraction of sp³-hybridized carbons (Fsp3) is 0.471. The molecule has 21 heavy (non-hydrogen) atoms. The fourth-order valence-corrected chi connectivity index (χ4v) is 2.72. The number of rotatable bonds is 7. The summed E-state index contributed by atoms with van der Waals surface area (Å²) in [6, 6.07) is 8.91. The molecule has 0 saturated carbocycles. The van der Waals surface area contributed by atoms with Gasteiger partial charge in [0.05, 0.1) is 16.3 Å². The van der Waals surface area contributed by atoms with Crippen molar-refractivity contribution >= 4 is 22.6 Å². The van der Waals surface area contributed by atoms with E-state index in [2.05, 4.69) is 84.2 Å². The first-order valence-electron chi connectivity index (χ1n) is 7.52. The molecule has 0 bridgehead atoms. The first-order valence-corrected chi connectivity index (χ1v) is 8.60. The Balaban J connectivity index is 1.89. The molecule has 1 aromatic heterocycles. The van der Waals surface area contributed by atoms with Crippen molar-refractivity contribution < 1.29 is 0 Å². The predicted molar refractivity (Wildman–Crippen MR) is 96.6 cm³/mol. The molecule has 2 rings (SSSR count). The summed E-state index contributed by atoms with van der Waals surface area (Å²) >= 11 is 2.28. The van der Waals surface area contributed by atoms with Crippen LogP contribution in [0, 0.1) is 9.49 Å². The highest BCUT2D eigenvalue weighted by atomic mass is 127. The topological polar surface area (TPSA) is 29.9 Å². The van der Waals surface area contributed by atoms with Gasteiger partial charge in [0.2, 0.25) is 0 Å². The molecule has 1 heterocycles. The number of hydrogen-bond donors (Lipinski definition) is 1. The molecule has 0 aliphatic heterocycles. The first kappa shape index (κ1) is 16.5. The quantitative estimate of drug-likeness (QED) is 0.719. The van der Waals surface area contributed by atoms with Crippen molar-refractivity contribution in [1.29, 1.82) is 0 Å². The Bertz CT molecular complexity index is 545. The zero-order valence-corrected chi connectivity index (χ0v) is 15.2. The van der Waals surface area contributed by atoms with Crippen LogP contribution in [-0.4, -0.2) is 22.9 Å². The molecule has 2 aromatic rings. The minimum atomic E-state index is 0.545. The normalized spacial score (nSPS) is 12.8. The Morgan fingerprint density at radius 1 is 1.14 bits per heavy atom. The van der Waals surface area contributed by atoms with Gasteiger partial charge in [-0.25, -0.2) is 0 Å². The largest absolute Gasteiger partial charge is 0.316 e. The molecule has 1 unspecified atom stereocenters. The lowest BCUT2D eigenvalue weighted by atomic mass is 9.99. The third-order valence-electron chi connectivity index (χ3n) is 3.50. The number of halogens is 1. The summed E-state index contributed by atoms with van der Waals surface area (Å²) in [5.74, 6) is 1.25. The Hall–Kier alpha value is -0.880. The van der Waals surface area contributed by atoms with Crippen LogP contribution >= 0.6 is 22.6 Å². The van der Waals surface area contributed by atoms with E-state index in [1.54, 1.807) is 0 Å². The molecular formula is C17H24IN3. The van der Waals surface area contributed by atoms with Gasteiger partial charge in [-0.3, -0.25) is 4.68 Å². The average molecular weight is 397 g/mol. The maximum absolute atomic E-state index is 4.32. The molecule has 3 nitrogen and oxygen atoms in total. The summed E-state index contributed by atoms with van der Waals surface area (Å²) in [6.45, 7) is 9.71. The van der Waals surface area contributed by atoms with Crippen molar-refractivity contribution in [3.8, 4) is 0 Å². The second kappa shape index (κ2) is 7.94. The van der Waals surface area contributed by atoms with Gasteiger partial charge in [0.25, 0.3) is 0 Å². The van der Waals surface area contributed by atoms with E-state index in [9.17, 15) is 0 Å². The van der Waals surface area contributed by atoms with Crippen LogP contribution in [0.2, 0.25) is 0 Å². The van der Waals surface area contributed by atoms with Gasteiger partial charge in [0, 0.05) is 12.7 Å². The molecule has 4 heteroatoms. The summed E-state index contributed by atoms with van der Waals surface area (Å²) in [7, 11) is 0. The summed E-state index contributed by atoms with van der Waals surface area (Å²) in [5.41, 5.74) is 2.69. The van der Waals surface area contributed by atoms with E-state index in [4.69, 9.17) is 0 Å². The van der Waals surface area contributed by atoms with Crippen molar-refractivity contribution in [2.45, 2.75) is 33.2 Å². The lowest BCUT2D eigenvalue weighted by molar-refractivity contribution is 0.528. The van der Waals surface area contributed by atoms with Crippen molar-refractivity contribution in [3.05, 3.63) is 51.4 Å². The van der Waals surface area contributed by atoms with Gasteiger partial charge in [-0.1, -0.05) is 45.0 Å². The van der Waals surface area contributed by atoms with Crippen molar-refractivity contribution in [2.24, 2.45) is 5.92 Å². The lowest BCUT2D eigenvalue weighted by Gasteiger charge is -2.15. The molecule has 1 aromatic carbocycles. The molecule has 114 valence electrons. The third kappa shape index (κ3) is 5.43. The maximum Gasteiger partial charge on any atom is 0.0659 e. The van der Waals surface area contributed by atoms with E-state index >= 15 is 0 Å². The Kier molecular flexibility index (Phi) is 6.23. The van der Waals surface area contributed by atoms with E-state index in [1.165, 1.54) is 14.7 Å². The van der Waals surface area contributed by atoms with E-state index in [1.807, 2.05) is 10.9 Å². The molecule has 0 aliphatic carbocycles. The zero-order valence-electron chi connectivity index (χ0n) is 13.0. The molecule has 1 N–H and O–H groups in total. The van der Waals surface area contributed by atoms with Gasteiger partial charge in [-0.2, -0.15) is 5.10 Å². The number of nitrogens with one attached hydrogen (secondary N) is 1. The van der Waals surface area contributed by atoms with Crippen molar-refractivity contribution in [3.63, 3.8) is 0 Å². The van der Waals surface area contributed by atoms with E-state index in [0.717, 1.165) is 19.6 Å². The molecule has 0 saturated heterocycles. The summed E-state index contributed by atoms with van der Waals surface area (Å²) in [4.78, 5) is 0. The van der Waals surface area contributed by atoms with E-state index < -0.39 is 0 Å². The van der Waals surface area contributed by atoms with Crippen LogP contribution in [0.15, 0.2) is 36.7 Å². The van der Waals surface area contributed by atoms with Gasteiger partial charge in [-0.15, -0.1) is 0 Å². The SMILES string of the molecule is CC(C)CNCC(C)c1ccc(Cn2cc(I)cn2)cc1. The number of nitrogens with zero attached hydrogens (tertiary/aromatic N) is 2. The molecular weight excluding hydrogens is 373 g/mol. The molecule has 0 radical (unpaired) electrons. The minimum Gasteiger partial charge on any atom is -0.316 e. The highest BCUT2D eigenvalue weighted by Crippen LogP contribution is 2.16. The second-order valence-electron chi connectivity index (χ2n) is 6.05. The zero-order chi connectivity index (χ0) is 15.2.